The van der Waals surface area contributed by atoms with E-state index in [0.29, 0.717) is 29.4 Å². The fraction of sp³-hybridized carbons (Fsp3) is 0.304. The number of carbonyl (C=O) groups excluding carboxylic acids is 1. The minimum atomic E-state index is -3.68. The van der Waals surface area contributed by atoms with E-state index >= 15 is 0 Å². The zero-order valence-electron chi connectivity index (χ0n) is 18.5. The molecule has 0 unspecified atom stereocenters. The summed E-state index contributed by atoms with van der Waals surface area (Å²) in [6, 6.07) is 16.8. The number of rotatable bonds is 5. The number of nitrogens with zero attached hydrogens (tertiary/aromatic N) is 4. The van der Waals surface area contributed by atoms with E-state index in [2.05, 4.69) is 5.10 Å². The lowest BCUT2D eigenvalue weighted by atomic mass is 10.0. The van der Waals surface area contributed by atoms with Crippen LogP contribution in [0.15, 0.2) is 59.5 Å². The number of hydrogen-bond donors (Lipinski definition) is 0. The first kappa shape index (κ1) is 22.0. The van der Waals surface area contributed by atoms with Gasteiger partial charge in [0.15, 0.2) is 0 Å². The second kappa shape index (κ2) is 8.40. The number of aryl methyl sites for hydroxylation is 1. The van der Waals surface area contributed by atoms with Gasteiger partial charge in [-0.1, -0.05) is 42.5 Å². The first-order chi connectivity index (χ1) is 15.2. The number of anilines is 1. The number of amides is 1. The number of carbonyl (C=O) groups is 1. The lowest BCUT2D eigenvalue weighted by molar-refractivity contribution is -0.120. The molecule has 1 atom stereocenters. The fourth-order valence-electron chi connectivity index (χ4n) is 4.01. The topological polar surface area (TPSA) is 84.7 Å². The first-order valence-corrected chi connectivity index (χ1v) is 11.7. The molecule has 1 aliphatic rings. The summed E-state index contributed by atoms with van der Waals surface area (Å²) >= 11 is 0. The first-order valence-electron chi connectivity index (χ1n) is 10.3. The SMILES string of the molecule is Cc1nn(CC(=O)N2c3ccccc3OC[C@@H]2c2ccccc2)c(C)c1S(=O)(=O)N(C)C. The molecular formula is C23H26N4O4S. The molecule has 0 spiro atoms. The van der Waals surface area contributed by atoms with Crippen molar-refractivity contribution in [2.24, 2.45) is 0 Å². The molecule has 32 heavy (non-hydrogen) atoms. The molecule has 8 nitrogen and oxygen atoms in total. The minimum Gasteiger partial charge on any atom is -0.489 e. The van der Waals surface area contributed by atoms with E-state index in [1.807, 2.05) is 54.6 Å². The van der Waals surface area contributed by atoms with Crippen molar-refractivity contribution in [2.75, 3.05) is 25.6 Å². The van der Waals surface area contributed by atoms with Crippen LogP contribution in [0.3, 0.4) is 0 Å². The van der Waals surface area contributed by atoms with Crippen LogP contribution in [0.1, 0.15) is 23.0 Å². The highest BCUT2D eigenvalue weighted by molar-refractivity contribution is 7.89. The van der Waals surface area contributed by atoms with Gasteiger partial charge < -0.3 is 4.74 Å². The Kier molecular flexibility index (Phi) is 5.79. The molecule has 168 valence electrons. The van der Waals surface area contributed by atoms with Gasteiger partial charge in [-0.15, -0.1) is 0 Å². The number of para-hydroxylation sites is 2. The molecule has 0 aliphatic carbocycles. The van der Waals surface area contributed by atoms with Gasteiger partial charge in [0.25, 0.3) is 0 Å². The summed E-state index contributed by atoms with van der Waals surface area (Å²) in [6.07, 6.45) is 0. The molecule has 0 saturated heterocycles. The van der Waals surface area contributed by atoms with E-state index in [-0.39, 0.29) is 23.4 Å². The molecule has 4 rings (SSSR count). The van der Waals surface area contributed by atoms with Crippen molar-refractivity contribution in [2.45, 2.75) is 31.3 Å². The summed E-state index contributed by atoms with van der Waals surface area (Å²) in [7, 11) is -0.719. The Labute approximate surface area is 188 Å². The van der Waals surface area contributed by atoms with Gasteiger partial charge in [0.05, 0.1) is 23.1 Å². The van der Waals surface area contributed by atoms with E-state index in [0.717, 1.165) is 9.87 Å². The molecule has 0 N–H and O–H groups in total. The van der Waals surface area contributed by atoms with E-state index in [1.54, 1.807) is 18.7 Å². The number of aromatic nitrogens is 2. The van der Waals surface area contributed by atoms with Crippen LogP contribution < -0.4 is 9.64 Å². The largest absolute Gasteiger partial charge is 0.489 e. The maximum atomic E-state index is 13.6. The summed E-state index contributed by atoms with van der Waals surface area (Å²) in [4.78, 5) is 15.5. The Morgan fingerprint density at radius 2 is 1.75 bits per heavy atom. The molecule has 1 aromatic heterocycles. The quantitative estimate of drug-likeness (QED) is 0.592. The molecule has 9 heteroatoms. The van der Waals surface area contributed by atoms with Crippen LogP contribution in [0.4, 0.5) is 5.69 Å². The zero-order chi connectivity index (χ0) is 23.0. The fourth-order valence-corrected chi connectivity index (χ4v) is 5.27. The standard InChI is InChI=1S/C23H26N4O4S/c1-16-23(32(29,30)25(3)4)17(2)26(24-16)14-22(28)27-19-12-8-9-13-21(19)31-15-20(27)18-10-6-5-7-11-18/h5-13,20H,14-15H2,1-4H3/t20-/m1/s1. The number of sulfonamides is 1. The second-order valence-corrected chi connectivity index (χ2v) is 10.0. The number of ether oxygens (including phenoxy) is 1. The predicted molar refractivity (Wildman–Crippen MR) is 121 cm³/mol. The van der Waals surface area contributed by atoms with Crippen molar-refractivity contribution in [3.05, 3.63) is 71.5 Å². The van der Waals surface area contributed by atoms with Crippen molar-refractivity contribution in [1.29, 1.82) is 0 Å². The summed E-state index contributed by atoms with van der Waals surface area (Å²) in [5, 5.41) is 4.38. The van der Waals surface area contributed by atoms with Crippen LogP contribution in [0, 0.1) is 13.8 Å². The molecule has 1 amide bonds. The maximum absolute atomic E-state index is 13.6. The number of hydrogen-bond acceptors (Lipinski definition) is 5. The third-order valence-electron chi connectivity index (χ3n) is 5.63. The molecule has 0 saturated carbocycles. The monoisotopic (exact) mass is 454 g/mol. The third-order valence-corrected chi connectivity index (χ3v) is 7.69. The Morgan fingerprint density at radius 3 is 2.44 bits per heavy atom. The maximum Gasteiger partial charge on any atom is 0.249 e. The Hall–Kier alpha value is -3.17. The molecular weight excluding hydrogens is 428 g/mol. The van der Waals surface area contributed by atoms with Gasteiger partial charge in [-0.2, -0.15) is 5.10 Å². The Balaban J connectivity index is 1.73. The Morgan fingerprint density at radius 1 is 1.09 bits per heavy atom. The minimum absolute atomic E-state index is 0.0900. The van der Waals surface area contributed by atoms with Crippen molar-refractivity contribution in [1.82, 2.24) is 14.1 Å². The van der Waals surface area contributed by atoms with E-state index in [9.17, 15) is 13.2 Å². The molecule has 0 fully saturated rings. The highest BCUT2D eigenvalue weighted by atomic mass is 32.2. The van der Waals surface area contributed by atoms with Gasteiger partial charge in [-0.25, -0.2) is 12.7 Å². The van der Waals surface area contributed by atoms with Crippen LogP contribution in [0.5, 0.6) is 5.75 Å². The smallest absolute Gasteiger partial charge is 0.249 e. The summed E-state index contributed by atoms with van der Waals surface area (Å²) in [6.45, 7) is 3.55. The van der Waals surface area contributed by atoms with E-state index in [4.69, 9.17) is 4.74 Å². The lowest BCUT2D eigenvalue weighted by Gasteiger charge is -2.37. The van der Waals surface area contributed by atoms with E-state index in [1.165, 1.54) is 18.8 Å². The predicted octanol–water partition coefficient (Wildman–Crippen LogP) is 2.92. The van der Waals surface area contributed by atoms with Gasteiger partial charge in [0, 0.05) is 14.1 Å². The number of fused-ring (bicyclic) bond motifs is 1. The van der Waals surface area contributed by atoms with Crippen LogP contribution in [0.25, 0.3) is 0 Å². The highest BCUT2D eigenvalue weighted by Crippen LogP contribution is 2.39. The van der Waals surface area contributed by atoms with Gasteiger partial charge in [-0.05, 0) is 31.5 Å². The lowest BCUT2D eigenvalue weighted by Crippen LogP contribution is -2.43. The third kappa shape index (κ3) is 3.78. The summed E-state index contributed by atoms with van der Waals surface area (Å²) in [5.74, 6) is 0.436. The van der Waals surface area contributed by atoms with Gasteiger partial charge in [0.2, 0.25) is 15.9 Å². The van der Waals surface area contributed by atoms with Gasteiger partial charge >= 0.3 is 0 Å². The summed E-state index contributed by atoms with van der Waals surface area (Å²) < 4.78 is 34.0. The molecule has 3 aromatic rings. The molecule has 0 bridgehead atoms. The number of benzene rings is 2. The molecule has 2 aromatic carbocycles. The van der Waals surface area contributed by atoms with Gasteiger partial charge in [0.1, 0.15) is 23.8 Å². The Bertz CT molecular complexity index is 1250. The zero-order valence-corrected chi connectivity index (χ0v) is 19.3. The summed E-state index contributed by atoms with van der Waals surface area (Å²) in [5.41, 5.74) is 2.44. The van der Waals surface area contributed by atoms with Crippen molar-refractivity contribution >= 4 is 21.6 Å². The highest BCUT2D eigenvalue weighted by Gasteiger charge is 2.34. The normalized spacial score (nSPS) is 16.0. The van der Waals surface area contributed by atoms with Crippen molar-refractivity contribution < 1.29 is 17.9 Å². The van der Waals surface area contributed by atoms with Gasteiger partial charge in [-0.3, -0.25) is 14.4 Å². The van der Waals surface area contributed by atoms with Crippen LogP contribution in [-0.2, 0) is 21.4 Å². The molecule has 1 aliphatic heterocycles. The van der Waals surface area contributed by atoms with Crippen LogP contribution in [-0.4, -0.2) is 49.1 Å². The van der Waals surface area contributed by atoms with Crippen molar-refractivity contribution in [3.8, 4) is 5.75 Å². The molecule has 2 heterocycles. The second-order valence-electron chi connectivity index (χ2n) is 7.91. The van der Waals surface area contributed by atoms with Crippen LogP contribution in [0.2, 0.25) is 0 Å². The van der Waals surface area contributed by atoms with E-state index < -0.39 is 10.0 Å². The average molecular weight is 455 g/mol. The molecule has 0 radical (unpaired) electrons. The van der Waals surface area contributed by atoms with Crippen LogP contribution >= 0.6 is 0 Å². The average Bonchev–Trinajstić information content (AvgIpc) is 3.06. The van der Waals surface area contributed by atoms with Crippen molar-refractivity contribution in [3.63, 3.8) is 0 Å².